The second-order valence-electron chi connectivity index (χ2n) is 7.01. The first-order chi connectivity index (χ1) is 8.64. The van der Waals surface area contributed by atoms with E-state index in [0.29, 0.717) is 0 Å². The average Bonchev–Trinajstić information content (AvgIpc) is 2.35. The Kier molecular flexibility index (Phi) is 7.29. The Bertz CT molecular complexity index is 201. The van der Waals surface area contributed by atoms with Crippen LogP contribution in [0.3, 0.4) is 0 Å². The summed E-state index contributed by atoms with van der Waals surface area (Å²) < 4.78 is 0. The maximum absolute atomic E-state index is 2.67. The van der Waals surface area contributed by atoms with Gasteiger partial charge in [0.15, 0.2) is 0 Å². The van der Waals surface area contributed by atoms with Gasteiger partial charge in [-0.05, 0) is 0 Å². The number of rotatable bonds is 10. The molecule has 0 nitrogen and oxygen atoms in total. The molecule has 1 fully saturated rings. The summed E-state index contributed by atoms with van der Waals surface area (Å²) in [7, 11) is 1.67. The van der Waals surface area contributed by atoms with Crippen LogP contribution in [0.15, 0.2) is 0 Å². The molecular weight excluding hydrogens is 234 g/mol. The Labute approximate surface area is 117 Å². The normalized spacial score (nSPS) is 19.5. The SMILES string of the molecule is BC1([PH](CCCC)(CCCC)CCCC)CCC1. The van der Waals surface area contributed by atoms with E-state index in [9.17, 15) is 0 Å². The summed E-state index contributed by atoms with van der Waals surface area (Å²) in [5.41, 5.74) is 0. The fourth-order valence-corrected chi connectivity index (χ4v) is 11.1. The Balaban J connectivity index is 2.76. The molecule has 0 N–H and O–H groups in total. The van der Waals surface area contributed by atoms with E-state index in [1.54, 1.807) is 31.3 Å². The summed E-state index contributed by atoms with van der Waals surface area (Å²) in [5.74, 6) is 0. The van der Waals surface area contributed by atoms with E-state index in [0.717, 1.165) is 5.06 Å². The third kappa shape index (κ3) is 3.75. The van der Waals surface area contributed by atoms with Crippen LogP contribution in [0, 0.1) is 0 Å². The zero-order valence-corrected chi connectivity index (χ0v) is 14.5. The second kappa shape index (κ2) is 7.93. The van der Waals surface area contributed by atoms with E-state index in [1.807, 2.05) is 0 Å². The molecule has 108 valence electrons. The minimum atomic E-state index is -0.999. The van der Waals surface area contributed by atoms with Gasteiger partial charge in [-0.3, -0.25) is 0 Å². The van der Waals surface area contributed by atoms with Gasteiger partial charge in [0.25, 0.3) is 0 Å². The summed E-state index contributed by atoms with van der Waals surface area (Å²) in [4.78, 5) is 0. The molecule has 0 bridgehead atoms. The van der Waals surface area contributed by atoms with Crippen molar-refractivity contribution in [3.05, 3.63) is 0 Å². The van der Waals surface area contributed by atoms with Crippen molar-refractivity contribution in [2.24, 2.45) is 0 Å². The van der Waals surface area contributed by atoms with Gasteiger partial charge >= 0.3 is 117 Å². The topological polar surface area (TPSA) is 0 Å². The Morgan fingerprint density at radius 2 is 1.22 bits per heavy atom. The Morgan fingerprint density at radius 1 is 0.833 bits per heavy atom. The fourth-order valence-electron chi connectivity index (χ4n) is 4.06. The standard InChI is InChI=1S/C16H36BP/c1-4-7-13-18(14-8-5-2,15-9-6-3)16(17)11-10-12-16/h18H,4-15,17H2,1-3H3. The molecule has 0 aliphatic heterocycles. The molecule has 2 heteroatoms. The number of hydrogen-bond donors (Lipinski definition) is 0. The first kappa shape index (κ1) is 16.5. The van der Waals surface area contributed by atoms with Crippen LogP contribution in [0.4, 0.5) is 0 Å². The quantitative estimate of drug-likeness (QED) is 0.400. The first-order valence-corrected chi connectivity index (χ1v) is 11.3. The van der Waals surface area contributed by atoms with Crippen molar-refractivity contribution in [3.8, 4) is 0 Å². The molecule has 0 radical (unpaired) electrons. The Morgan fingerprint density at radius 3 is 1.44 bits per heavy atom. The van der Waals surface area contributed by atoms with Crippen molar-refractivity contribution < 1.29 is 0 Å². The van der Waals surface area contributed by atoms with Gasteiger partial charge in [0, 0.05) is 0 Å². The van der Waals surface area contributed by atoms with E-state index in [-0.39, 0.29) is 0 Å². The average molecular weight is 270 g/mol. The van der Waals surface area contributed by atoms with Crippen molar-refractivity contribution in [3.63, 3.8) is 0 Å². The summed E-state index contributed by atoms with van der Waals surface area (Å²) in [6.45, 7) is 7.13. The van der Waals surface area contributed by atoms with Gasteiger partial charge in [0.1, 0.15) is 0 Å². The van der Waals surface area contributed by atoms with Crippen LogP contribution < -0.4 is 0 Å². The van der Waals surface area contributed by atoms with Crippen LogP contribution in [-0.4, -0.2) is 31.4 Å². The van der Waals surface area contributed by atoms with Gasteiger partial charge in [0.05, 0.1) is 0 Å². The van der Waals surface area contributed by atoms with Crippen LogP contribution in [0.25, 0.3) is 0 Å². The molecular formula is C16H36BP. The van der Waals surface area contributed by atoms with E-state index in [1.165, 1.54) is 44.9 Å². The molecule has 0 aromatic carbocycles. The van der Waals surface area contributed by atoms with Crippen LogP contribution in [0.2, 0.25) is 0 Å². The molecule has 1 aliphatic carbocycles. The van der Waals surface area contributed by atoms with Gasteiger partial charge in [-0.15, -0.1) is 0 Å². The molecule has 18 heavy (non-hydrogen) atoms. The second-order valence-corrected chi connectivity index (χ2v) is 12.3. The molecule has 0 aromatic rings. The molecule has 1 saturated carbocycles. The molecule has 0 atom stereocenters. The predicted octanol–water partition coefficient (Wildman–Crippen LogP) is 4.65. The summed E-state index contributed by atoms with van der Waals surface area (Å²) >= 11 is 0. The third-order valence-corrected chi connectivity index (χ3v) is 12.8. The van der Waals surface area contributed by atoms with Crippen LogP contribution >= 0.6 is 7.26 Å². The minimum absolute atomic E-state index is 0.826. The molecule has 1 aliphatic rings. The van der Waals surface area contributed by atoms with Gasteiger partial charge < -0.3 is 0 Å². The monoisotopic (exact) mass is 270 g/mol. The number of unbranched alkanes of at least 4 members (excludes halogenated alkanes) is 3. The molecule has 0 heterocycles. The first-order valence-electron chi connectivity index (χ1n) is 8.64. The molecule has 0 spiro atoms. The van der Waals surface area contributed by atoms with Crippen molar-refractivity contribution in [2.75, 3.05) is 18.5 Å². The van der Waals surface area contributed by atoms with Gasteiger partial charge in [-0.25, -0.2) is 0 Å². The summed E-state index contributed by atoms with van der Waals surface area (Å²) in [5, 5.41) is 0.826. The zero-order valence-electron chi connectivity index (χ0n) is 13.5. The van der Waals surface area contributed by atoms with Crippen molar-refractivity contribution >= 4 is 15.1 Å². The van der Waals surface area contributed by atoms with Crippen LogP contribution in [-0.2, 0) is 0 Å². The maximum atomic E-state index is 2.67. The van der Waals surface area contributed by atoms with Crippen molar-refractivity contribution in [1.82, 2.24) is 0 Å². The zero-order chi connectivity index (χ0) is 13.5. The van der Waals surface area contributed by atoms with Crippen LogP contribution in [0.1, 0.15) is 78.6 Å². The van der Waals surface area contributed by atoms with Crippen LogP contribution in [0.5, 0.6) is 0 Å². The van der Waals surface area contributed by atoms with Gasteiger partial charge in [-0.2, -0.15) is 0 Å². The van der Waals surface area contributed by atoms with Gasteiger partial charge in [-0.1, -0.05) is 0 Å². The predicted molar refractivity (Wildman–Crippen MR) is 92.8 cm³/mol. The molecule has 1 rings (SSSR count). The number of hydrogen-bond acceptors (Lipinski definition) is 0. The molecule has 0 saturated heterocycles. The molecule has 0 amide bonds. The third-order valence-electron chi connectivity index (χ3n) is 5.76. The molecule has 0 aromatic heterocycles. The molecule has 0 unspecified atom stereocenters. The van der Waals surface area contributed by atoms with Crippen molar-refractivity contribution in [2.45, 2.75) is 83.6 Å². The Hall–Kier alpha value is 0.495. The van der Waals surface area contributed by atoms with E-state index >= 15 is 0 Å². The summed E-state index contributed by atoms with van der Waals surface area (Å²) in [6, 6.07) is 0. The van der Waals surface area contributed by atoms with E-state index in [4.69, 9.17) is 0 Å². The van der Waals surface area contributed by atoms with Gasteiger partial charge in [0.2, 0.25) is 0 Å². The van der Waals surface area contributed by atoms with Crippen molar-refractivity contribution in [1.29, 1.82) is 0 Å². The van der Waals surface area contributed by atoms with E-state index < -0.39 is 7.26 Å². The van der Waals surface area contributed by atoms with E-state index in [2.05, 4.69) is 28.6 Å². The summed E-state index contributed by atoms with van der Waals surface area (Å²) in [6.07, 6.45) is 18.3. The fraction of sp³-hybridized carbons (Fsp3) is 1.00.